The highest BCUT2D eigenvalue weighted by Crippen LogP contribution is 2.27. The molecule has 0 unspecified atom stereocenters. The van der Waals surface area contributed by atoms with Gasteiger partial charge >= 0.3 is 0 Å². The second kappa shape index (κ2) is 4.25. The topological polar surface area (TPSA) is 63.5 Å². The standard InChI is InChI=1S/C13H13N3O2/c17-12(15-7-9-4-5-9)10-8-14-11-3-1-2-6-16(11)13(10)18/h1-3,6,8-9H,4-5,7H2,(H,15,17). The van der Waals surface area contributed by atoms with Crippen LogP contribution in [0.1, 0.15) is 23.2 Å². The van der Waals surface area contributed by atoms with Crippen molar-refractivity contribution in [2.45, 2.75) is 12.8 Å². The number of nitrogens with one attached hydrogen (secondary N) is 1. The molecule has 2 aromatic rings. The molecule has 1 aliphatic carbocycles. The van der Waals surface area contributed by atoms with Crippen molar-refractivity contribution < 1.29 is 4.79 Å². The van der Waals surface area contributed by atoms with Crippen molar-refractivity contribution in [2.24, 2.45) is 5.92 Å². The molecular weight excluding hydrogens is 230 g/mol. The molecule has 0 radical (unpaired) electrons. The lowest BCUT2D eigenvalue weighted by Crippen LogP contribution is -2.32. The molecule has 1 amide bonds. The predicted molar refractivity (Wildman–Crippen MR) is 66.5 cm³/mol. The van der Waals surface area contributed by atoms with E-state index >= 15 is 0 Å². The van der Waals surface area contributed by atoms with Crippen molar-refractivity contribution in [2.75, 3.05) is 6.54 Å². The Kier molecular flexibility index (Phi) is 2.59. The van der Waals surface area contributed by atoms with Gasteiger partial charge in [0.05, 0.1) is 0 Å². The number of hydrogen-bond donors (Lipinski definition) is 1. The van der Waals surface area contributed by atoms with Crippen LogP contribution in [-0.4, -0.2) is 21.8 Å². The third kappa shape index (κ3) is 1.99. The van der Waals surface area contributed by atoms with E-state index in [0.29, 0.717) is 18.1 Å². The van der Waals surface area contributed by atoms with Gasteiger partial charge in [0.15, 0.2) is 0 Å². The van der Waals surface area contributed by atoms with Gasteiger partial charge in [0.25, 0.3) is 11.5 Å². The van der Waals surface area contributed by atoms with Gasteiger partial charge in [0.1, 0.15) is 11.2 Å². The summed E-state index contributed by atoms with van der Waals surface area (Å²) in [7, 11) is 0. The molecule has 1 aliphatic rings. The van der Waals surface area contributed by atoms with Crippen LogP contribution in [0.3, 0.4) is 0 Å². The van der Waals surface area contributed by atoms with E-state index in [9.17, 15) is 9.59 Å². The van der Waals surface area contributed by atoms with Crippen LogP contribution in [0.2, 0.25) is 0 Å². The van der Waals surface area contributed by atoms with E-state index in [-0.39, 0.29) is 17.0 Å². The van der Waals surface area contributed by atoms with E-state index in [0.717, 1.165) is 12.8 Å². The lowest BCUT2D eigenvalue weighted by molar-refractivity contribution is 0.0950. The van der Waals surface area contributed by atoms with Crippen LogP contribution >= 0.6 is 0 Å². The van der Waals surface area contributed by atoms with E-state index in [1.807, 2.05) is 0 Å². The molecule has 0 bridgehead atoms. The van der Waals surface area contributed by atoms with Crippen molar-refractivity contribution in [3.05, 3.63) is 46.5 Å². The van der Waals surface area contributed by atoms with Crippen LogP contribution < -0.4 is 10.9 Å². The molecule has 1 saturated carbocycles. The minimum absolute atomic E-state index is 0.0966. The van der Waals surface area contributed by atoms with Crippen LogP contribution in [0.4, 0.5) is 0 Å². The number of amides is 1. The zero-order chi connectivity index (χ0) is 12.5. The van der Waals surface area contributed by atoms with Crippen LogP contribution in [0.25, 0.3) is 5.65 Å². The van der Waals surface area contributed by atoms with E-state index < -0.39 is 0 Å². The summed E-state index contributed by atoms with van der Waals surface area (Å²) in [5.74, 6) is 0.253. The number of hydrogen-bond acceptors (Lipinski definition) is 3. The van der Waals surface area contributed by atoms with Gasteiger partial charge in [0.2, 0.25) is 0 Å². The molecule has 0 spiro atoms. The SMILES string of the molecule is O=C(NCC1CC1)c1cnc2ccccn2c1=O. The average molecular weight is 243 g/mol. The number of carbonyl (C=O) groups is 1. The fourth-order valence-electron chi connectivity index (χ4n) is 1.84. The fourth-order valence-corrected chi connectivity index (χ4v) is 1.84. The Balaban J connectivity index is 1.93. The van der Waals surface area contributed by atoms with Gasteiger partial charge in [0, 0.05) is 18.9 Å². The second-order valence-electron chi connectivity index (χ2n) is 4.56. The summed E-state index contributed by atoms with van der Waals surface area (Å²) < 4.78 is 1.38. The van der Waals surface area contributed by atoms with E-state index in [1.165, 1.54) is 10.6 Å². The van der Waals surface area contributed by atoms with Crippen molar-refractivity contribution >= 4 is 11.6 Å². The van der Waals surface area contributed by atoms with Gasteiger partial charge < -0.3 is 5.32 Å². The Morgan fingerprint density at radius 3 is 3.06 bits per heavy atom. The molecule has 5 heteroatoms. The van der Waals surface area contributed by atoms with Gasteiger partial charge in [-0.1, -0.05) is 6.07 Å². The summed E-state index contributed by atoms with van der Waals surface area (Å²) in [6.07, 6.45) is 5.28. The first-order chi connectivity index (χ1) is 8.75. The molecule has 2 heterocycles. The Morgan fingerprint density at radius 1 is 1.44 bits per heavy atom. The highest BCUT2D eigenvalue weighted by molar-refractivity contribution is 5.93. The van der Waals surface area contributed by atoms with Crippen molar-refractivity contribution in [3.8, 4) is 0 Å². The number of nitrogens with zero attached hydrogens (tertiary/aromatic N) is 2. The molecule has 0 aromatic carbocycles. The van der Waals surface area contributed by atoms with Gasteiger partial charge in [-0.05, 0) is 30.9 Å². The normalized spacial score (nSPS) is 14.7. The maximum Gasteiger partial charge on any atom is 0.270 e. The van der Waals surface area contributed by atoms with Gasteiger partial charge in [-0.15, -0.1) is 0 Å². The van der Waals surface area contributed by atoms with Crippen molar-refractivity contribution in [3.63, 3.8) is 0 Å². The Hall–Kier alpha value is -2.17. The molecule has 0 atom stereocenters. The molecule has 5 nitrogen and oxygen atoms in total. The molecule has 1 N–H and O–H groups in total. The largest absolute Gasteiger partial charge is 0.352 e. The summed E-state index contributed by atoms with van der Waals surface area (Å²) >= 11 is 0. The minimum atomic E-state index is -0.336. The zero-order valence-corrected chi connectivity index (χ0v) is 9.80. The zero-order valence-electron chi connectivity index (χ0n) is 9.80. The number of fused-ring (bicyclic) bond motifs is 1. The van der Waals surface area contributed by atoms with Crippen LogP contribution in [0, 0.1) is 5.92 Å². The first kappa shape index (κ1) is 11.0. The smallest absolute Gasteiger partial charge is 0.270 e. The van der Waals surface area contributed by atoms with Crippen LogP contribution in [0.15, 0.2) is 35.4 Å². The number of aromatic nitrogens is 2. The third-order valence-corrected chi connectivity index (χ3v) is 3.11. The van der Waals surface area contributed by atoms with Crippen LogP contribution in [0.5, 0.6) is 0 Å². The molecule has 1 fully saturated rings. The summed E-state index contributed by atoms with van der Waals surface area (Å²) in [6.45, 7) is 0.649. The minimum Gasteiger partial charge on any atom is -0.352 e. The maximum absolute atomic E-state index is 12.1. The van der Waals surface area contributed by atoms with Crippen molar-refractivity contribution in [1.82, 2.24) is 14.7 Å². The Labute approximate surface area is 103 Å². The highest BCUT2D eigenvalue weighted by atomic mass is 16.2. The quantitative estimate of drug-likeness (QED) is 0.868. The lowest BCUT2D eigenvalue weighted by Gasteiger charge is -2.05. The highest BCUT2D eigenvalue weighted by Gasteiger charge is 2.22. The predicted octanol–water partition coefficient (Wildman–Crippen LogP) is 0.834. The van der Waals surface area contributed by atoms with Gasteiger partial charge in [-0.25, -0.2) is 4.98 Å². The molecule has 0 aliphatic heterocycles. The molecule has 2 aromatic heterocycles. The fraction of sp³-hybridized carbons (Fsp3) is 0.308. The molecule has 18 heavy (non-hydrogen) atoms. The molecular formula is C13H13N3O2. The maximum atomic E-state index is 12.1. The van der Waals surface area contributed by atoms with E-state index in [4.69, 9.17) is 0 Å². The summed E-state index contributed by atoms with van der Waals surface area (Å²) in [6, 6.07) is 5.27. The number of pyridine rings is 1. The number of rotatable bonds is 3. The van der Waals surface area contributed by atoms with Gasteiger partial charge in [-0.3, -0.25) is 14.0 Å². The first-order valence-corrected chi connectivity index (χ1v) is 6.00. The summed E-state index contributed by atoms with van der Waals surface area (Å²) in [4.78, 5) is 28.1. The summed E-state index contributed by atoms with van der Waals surface area (Å²) in [5.41, 5.74) is 0.314. The number of carbonyl (C=O) groups excluding carboxylic acids is 1. The van der Waals surface area contributed by atoms with Gasteiger partial charge in [-0.2, -0.15) is 0 Å². The summed E-state index contributed by atoms with van der Waals surface area (Å²) in [5, 5.41) is 2.77. The second-order valence-corrected chi connectivity index (χ2v) is 4.56. The third-order valence-electron chi connectivity index (χ3n) is 3.11. The molecule has 3 rings (SSSR count). The molecule has 92 valence electrons. The first-order valence-electron chi connectivity index (χ1n) is 6.00. The lowest BCUT2D eigenvalue weighted by atomic mass is 10.3. The van der Waals surface area contributed by atoms with E-state index in [2.05, 4.69) is 10.3 Å². The molecule has 0 saturated heterocycles. The Morgan fingerprint density at radius 2 is 2.28 bits per heavy atom. The van der Waals surface area contributed by atoms with Crippen LogP contribution in [-0.2, 0) is 0 Å². The Bertz CT molecular complexity index is 659. The average Bonchev–Trinajstić information content (AvgIpc) is 3.21. The van der Waals surface area contributed by atoms with E-state index in [1.54, 1.807) is 24.4 Å². The monoisotopic (exact) mass is 243 g/mol. The van der Waals surface area contributed by atoms with Crippen molar-refractivity contribution in [1.29, 1.82) is 0 Å².